The van der Waals surface area contributed by atoms with Crippen molar-refractivity contribution in [2.75, 3.05) is 25.4 Å². The van der Waals surface area contributed by atoms with Gasteiger partial charge in [-0.1, -0.05) is 51.9 Å². The SMILES string of the molecule is CCCC1CCCN(CCCCCCCCCS)CC1. The van der Waals surface area contributed by atoms with Crippen molar-refractivity contribution in [1.82, 2.24) is 4.90 Å². The van der Waals surface area contributed by atoms with Crippen LogP contribution in [0.25, 0.3) is 0 Å². The summed E-state index contributed by atoms with van der Waals surface area (Å²) < 4.78 is 0. The van der Waals surface area contributed by atoms with E-state index in [9.17, 15) is 0 Å². The zero-order valence-electron chi connectivity index (χ0n) is 13.8. The van der Waals surface area contributed by atoms with Crippen LogP contribution < -0.4 is 0 Å². The van der Waals surface area contributed by atoms with Crippen LogP contribution in [0.1, 0.15) is 84.0 Å². The Morgan fingerprint density at radius 3 is 2.30 bits per heavy atom. The Kier molecular flexibility index (Phi) is 11.9. The average molecular weight is 300 g/mol. The molecule has 1 fully saturated rings. The van der Waals surface area contributed by atoms with Gasteiger partial charge in [0.2, 0.25) is 0 Å². The monoisotopic (exact) mass is 299 g/mol. The first kappa shape index (κ1) is 18.4. The molecule has 0 bridgehead atoms. The lowest BCUT2D eigenvalue weighted by Gasteiger charge is -2.20. The van der Waals surface area contributed by atoms with Crippen molar-refractivity contribution in [3.05, 3.63) is 0 Å². The number of unbranched alkanes of at least 4 members (excludes halogenated alkanes) is 6. The molecular weight excluding hydrogens is 262 g/mol. The molecule has 0 N–H and O–H groups in total. The highest BCUT2D eigenvalue weighted by molar-refractivity contribution is 7.80. The smallest absolute Gasteiger partial charge is 0.00161 e. The van der Waals surface area contributed by atoms with Crippen LogP contribution in [0, 0.1) is 5.92 Å². The fourth-order valence-electron chi connectivity index (χ4n) is 3.48. The van der Waals surface area contributed by atoms with E-state index in [1.165, 1.54) is 96.7 Å². The molecule has 0 saturated carbocycles. The number of thiol groups is 1. The Morgan fingerprint density at radius 2 is 1.60 bits per heavy atom. The summed E-state index contributed by atoms with van der Waals surface area (Å²) in [5.41, 5.74) is 0. The third-order valence-electron chi connectivity index (χ3n) is 4.77. The molecule has 2 heteroatoms. The summed E-state index contributed by atoms with van der Waals surface area (Å²) in [5.74, 6) is 2.09. The van der Waals surface area contributed by atoms with Crippen LogP contribution in [0.5, 0.6) is 0 Å². The van der Waals surface area contributed by atoms with Gasteiger partial charge in [-0.05, 0) is 63.4 Å². The Balaban J connectivity index is 1.94. The zero-order valence-corrected chi connectivity index (χ0v) is 14.7. The molecule has 0 spiro atoms. The van der Waals surface area contributed by atoms with E-state index in [1.807, 2.05) is 0 Å². The average Bonchev–Trinajstić information content (AvgIpc) is 2.68. The van der Waals surface area contributed by atoms with E-state index in [1.54, 1.807) is 0 Å². The van der Waals surface area contributed by atoms with Gasteiger partial charge in [0.1, 0.15) is 0 Å². The van der Waals surface area contributed by atoms with Crippen LogP contribution in [0.3, 0.4) is 0 Å². The Bertz CT molecular complexity index is 208. The van der Waals surface area contributed by atoms with E-state index in [0.717, 1.165) is 11.7 Å². The summed E-state index contributed by atoms with van der Waals surface area (Å²) in [6.45, 7) is 6.42. The second-order valence-corrected chi connectivity index (χ2v) is 7.07. The highest BCUT2D eigenvalue weighted by Gasteiger charge is 2.15. The molecule has 1 rings (SSSR count). The van der Waals surface area contributed by atoms with Crippen LogP contribution in [-0.2, 0) is 0 Å². The predicted molar refractivity (Wildman–Crippen MR) is 94.9 cm³/mol. The van der Waals surface area contributed by atoms with Gasteiger partial charge in [0.25, 0.3) is 0 Å². The zero-order chi connectivity index (χ0) is 14.5. The number of rotatable bonds is 11. The number of likely N-dealkylation sites (tertiary alicyclic amines) is 1. The lowest BCUT2D eigenvalue weighted by molar-refractivity contribution is 0.272. The van der Waals surface area contributed by atoms with Crippen LogP contribution in [-0.4, -0.2) is 30.3 Å². The van der Waals surface area contributed by atoms with Crippen LogP contribution >= 0.6 is 12.6 Å². The standard InChI is InChI=1S/C18H37NS/c1-2-11-18-12-10-15-19(16-13-18)14-8-6-4-3-5-7-9-17-20/h18,20H,2-17H2,1H3. The van der Waals surface area contributed by atoms with E-state index in [4.69, 9.17) is 0 Å². The molecule has 0 aromatic carbocycles. The fourth-order valence-corrected chi connectivity index (χ4v) is 3.70. The minimum absolute atomic E-state index is 1.02. The molecule has 1 atom stereocenters. The second-order valence-electron chi connectivity index (χ2n) is 6.63. The Hall–Kier alpha value is 0.310. The molecule has 0 radical (unpaired) electrons. The predicted octanol–water partition coefficient (Wildman–Crippen LogP) is 5.55. The van der Waals surface area contributed by atoms with E-state index >= 15 is 0 Å². The summed E-state index contributed by atoms with van der Waals surface area (Å²) in [5, 5.41) is 0. The molecule has 1 aliphatic rings. The maximum atomic E-state index is 4.26. The summed E-state index contributed by atoms with van der Waals surface area (Å²) in [6.07, 6.45) is 17.1. The summed E-state index contributed by atoms with van der Waals surface area (Å²) in [6, 6.07) is 0. The van der Waals surface area contributed by atoms with Crippen molar-refractivity contribution in [1.29, 1.82) is 0 Å². The van der Waals surface area contributed by atoms with Crippen molar-refractivity contribution in [3.63, 3.8) is 0 Å². The van der Waals surface area contributed by atoms with Crippen LogP contribution in [0.15, 0.2) is 0 Å². The lowest BCUT2D eigenvalue weighted by Crippen LogP contribution is -2.26. The fraction of sp³-hybridized carbons (Fsp3) is 1.00. The Labute approximate surface area is 133 Å². The molecule has 1 aliphatic heterocycles. The van der Waals surface area contributed by atoms with Crippen LogP contribution in [0.4, 0.5) is 0 Å². The van der Waals surface area contributed by atoms with Crippen molar-refractivity contribution in [3.8, 4) is 0 Å². The lowest BCUT2D eigenvalue weighted by atomic mass is 9.96. The molecule has 1 heterocycles. The maximum Gasteiger partial charge on any atom is -0.00161 e. The number of nitrogens with zero attached hydrogens (tertiary/aromatic N) is 1. The van der Waals surface area contributed by atoms with E-state index < -0.39 is 0 Å². The largest absolute Gasteiger partial charge is 0.303 e. The van der Waals surface area contributed by atoms with Gasteiger partial charge < -0.3 is 4.90 Å². The summed E-state index contributed by atoms with van der Waals surface area (Å²) in [7, 11) is 0. The minimum Gasteiger partial charge on any atom is -0.303 e. The van der Waals surface area contributed by atoms with Gasteiger partial charge in [0, 0.05) is 0 Å². The van der Waals surface area contributed by atoms with E-state index in [-0.39, 0.29) is 0 Å². The summed E-state index contributed by atoms with van der Waals surface area (Å²) in [4.78, 5) is 2.73. The number of hydrogen-bond acceptors (Lipinski definition) is 2. The molecule has 0 aliphatic carbocycles. The first-order chi connectivity index (χ1) is 9.86. The molecule has 0 aromatic heterocycles. The van der Waals surface area contributed by atoms with Gasteiger partial charge >= 0.3 is 0 Å². The molecule has 1 saturated heterocycles. The summed E-state index contributed by atoms with van der Waals surface area (Å²) >= 11 is 4.26. The normalized spacial score (nSPS) is 21.0. The second kappa shape index (κ2) is 13.0. The molecule has 1 nitrogen and oxygen atoms in total. The van der Waals surface area contributed by atoms with Crippen molar-refractivity contribution < 1.29 is 0 Å². The molecule has 20 heavy (non-hydrogen) atoms. The highest BCUT2D eigenvalue weighted by Crippen LogP contribution is 2.22. The topological polar surface area (TPSA) is 3.24 Å². The third-order valence-corrected chi connectivity index (χ3v) is 5.09. The molecule has 0 aromatic rings. The molecule has 1 unspecified atom stereocenters. The van der Waals surface area contributed by atoms with Gasteiger partial charge in [0.15, 0.2) is 0 Å². The number of hydrogen-bond donors (Lipinski definition) is 1. The maximum absolute atomic E-state index is 4.26. The molecule has 120 valence electrons. The Morgan fingerprint density at radius 1 is 0.900 bits per heavy atom. The van der Waals surface area contributed by atoms with Crippen molar-refractivity contribution >= 4 is 12.6 Å². The van der Waals surface area contributed by atoms with Gasteiger partial charge in [-0.3, -0.25) is 0 Å². The van der Waals surface area contributed by atoms with E-state index in [0.29, 0.717) is 0 Å². The first-order valence-electron chi connectivity index (χ1n) is 9.20. The highest BCUT2D eigenvalue weighted by atomic mass is 32.1. The van der Waals surface area contributed by atoms with Gasteiger partial charge in [-0.15, -0.1) is 0 Å². The van der Waals surface area contributed by atoms with Crippen LogP contribution in [0.2, 0.25) is 0 Å². The van der Waals surface area contributed by atoms with Crippen molar-refractivity contribution in [2.24, 2.45) is 5.92 Å². The van der Waals surface area contributed by atoms with Gasteiger partial charge in [-0.2, -0.15) is 12.6 Å². The van der Waals surface area contributed by atoms with Crippen molar-refractivity contribution in [2.45, 2.75) is 84.0 Å². The quantitative estimate of drug-likeness (QED) is 0.387. The molecule has 0 amide bonds. The van der Waals surface area contributed by atoms with E-state index in [2.05, 4.69) is 24.5 Å². The third kappa shape index (κ3) is 9.28. The first-order valence-corrected chi connectivity index (χ1v) is 9.83. The van der Waals surface area contributed by atoms with Gasteiger partial charge in [0.05, 0.1) is 0 Å². The molecular formula is C18H37NS. The van der Waals surface area contributed by atoms with Gasteiger partial charge in [-0.25, -0.2) is 0 Å². The minimum atomic E-state index is 1.02.